The van der Waals surface area contributed by atoms with Gasteiger partial charge in [0.15, 0.2) is 4.73 Å². The Kier molecular flexibility index (Phi) is 6.91. The van der Waals surface area contributed by atoms with Gasteiger partial charge in [0.25, 0.3) is 5.91 Å². The molecule has 0 radical (unpaired) electrons. The number of aromatic amines is 1. The molecule has 1 aromatic carbocycles. The number of hydrogen-bond acceptors (Lipinski definition) is 7. The van der Waals surface area contributed by atoms with E-state index in [-0.39, 0.29) is 19.0 Å². The highest BCUT2D eigenvalue weighted by atomic mass is 79.9. The van der Waals surface area contributed by atoms with Crippen molar-refractivity contribution >= 4 is 27.9 Å². The van der Waals surface area contributed by atoms with E-state index < -0.39 is 11.5 Å². The van der Waals surface area contributed by atoms with Crippen LogP contribution in [0.4, 0.5) is 4.79 Å². The zero-order chi connectivity index (χ0) is 27.0. The fraction of sp³-hybridized carbons (Fsp3) is 0.385. The molecule has 200 valence electrons. The van der Waals surface area contributed by atoms with E-state index in [9.17, 15) is 14.7 Å². The van der Waals surface area contributed by atoms with E-state index in [1.165, 1.54) is 4.90 Å². The lowest BCUT2D eigenvalue weighted by Crippen LogP contribution is -2.57. The Morgan fingerprint density at radius 1 is 1.16 bits per heavy atom. The minimum absolute atomic E-state index is 0.173. The van der Waals surface area contributed by atoms with Crippen LogP contribution in [0.15, 0.2) is 35.2 Å². The molecule has 0 saturated carbocycles. The molecule has 1 fully saturated rings. The average molecular weight is 586 g/mol. The highest BCUT2D eigenvalue weighted by molar-refractivity contribution is 9.10. The van der Waals surface area contributed by atoms with Gasteiger partial charge in [-0.15, -0.1) is 0 Å². The largest absolute Gasteiger partial charge is 0.496 e. The van der Waals surface area contributed by atoms with E-state index in [1.807, 2.05) is 0 Å². The van der Waals surface area contributed by atoms with Gasteiger partial charge in [-0.1, -0.05) is 0 Å². The Hall–Kier alpha value is -3.80. The van der Waals surface area contributed by atoms with Gasteiger partial charge >= 0.3 is 6.09 Å². The smallest absolute Gasteiger partial charge is 0.407 e. The molecule has 4 heterocycles. The molecule has 2 aliphatic rings. The standard InChI is InChI=1S/C26H28BrN5O6/c1-36-15-9-20(37-2)17(21(10-15)38-3)12-32-14-26(6-4-8-31(13-26)25(34)35)22-16(23(32)33)11-19(29-22)18-5-7-28-24(27)30-18/h5,7,9-11,29H,4,6,8,12-14H2,1-3H3,(H,34,35). The number of piperidine rings is 1. The minimum Gasteiger partial charge on any atom is -0.496 e. The number of fused-ring (bicyclic) bond motifs is 2. The second-order valence-electron chi connectivity index (χ2n) is 9.44. The third-order valence-corrected chi connectivity index (χ3v) is 7.66. The lowest BCUT2D eigenvalue weighted by atomic mass is 9.73. The molecular weight excluding hydrogens is 558 g/mol. The van der Waals surface area contributed by atoms with Gasteiger partial charge in [0.05, 0.1) is 50.4 Å². The topological polar surface area (TPSA) is 130 Å². The molecule has 12 heteroatoms. The Morgan fingerprint density at radius 3 is 2.53 bits per heavy atom. The van der Waals surface area contributed by atoms with Crippen LogP contribution in [0, 0.1) is 0 Å². The van der Waals surface area contributed by atoms with Crippen LogP contribution < -0.4 is 14.2 Å². The van der Waals surface area contributed by atoms with Gasteiger partial charge in [0, 0.05) is 49.1 Å². The van der Waals surface area contributed by atoms with Crippen molar-refractivity contribution in [3.63, 3.8) is 0 Å². The second-order valence-corrected chi connectivity index (χ2v) is 10.2. The fourth-order valence-electron chi connectivity index (χ4n) is 5.53. The van der Waals surface area contributed by atoms with Crippen LogP contribution in [0.3, 0.4) is 0 Å². The summed E-state index contributed by atoms with van der Waals surface area (Å²) in [7, 11) is 4.67. The summed E-state index contributed by atoms with van der Waals surface area (Å²) >= 11 is 3.31. The molecular formula is C26H28BrN5O6. The number of benzene rings is 1. The number of amides is 2. The molecule has 0 aliphatic carbocycles. The van der Waals surface area contributed by atoms with Crippen molar-refractivity contribution in [2.75, 3.05) is 41.0 Å². The van der Waals surface area contributed by atoms with Crippen LogP contribution in [-0.4, -0.2) is 82.8 Å². The molecule has 1 spiro atoms. The molecule has 11 nitrogen and oxygen atoms in total. The number of halogens is 1. The van der Waals surface area contributed by atoms with E-state index in [0.29, 0.717) is 64.0 Å². The molecule has 1 unspecified atom stereocenters. The monoisotopic (exact) mass is 585 g/mol. The lowest BCUT2D eigenvalue weighted by Gasteiger charge is -2.47. The minimum atomic E-state index is -0.973. The van der Waals surface area contributed by atoms with Crippen molar-refractivity contribution < 1.29 is 28.9 Å². The predicted molar refractivity (Wildman–Crippen MR) is 141 cm³/mol. The first kappa shape index (κ1) is 25.8. The van der Waals surface area contributed by atoms with Crippen molar-refractivity contribution in [1.82, 2.24) is 24.8 Å². The average Bonchev–Trinajstić information content (AvgIpc) is 3.39. The van der Waals surface area contributed by atoms with Gasteiger partial charge < -0.3 is 34.1 Å². The maximum atomic E-state index is 13.9. The number of methoxy groups -OCH3 is 3. The Labute approximate surface area is 227 Å². The number of aromatic nitrogens is 3. The number of rotatable bonds is 6. The Morgan fingerprint density at radius 2 is 1.89 bits per heavy atom. The highest BCUT2D eigenvalue weighted by Gasteiger charge is 2.48. The molecule has 1 saturated heterocycles. The first-order valence-corrected chi connectivity index (χ1v) is 12.9. The maximum Gasteiger partial charge on any atom is 0.407 e. The second kappa shape index (κ2) is 10.2. The number of carbonyl (C=O) groups excluding carboxylic acids is 1. The van der Waals surface area contributed by atoms with Gasteiger partial charge in [-0.05, 0) is 40.9 Å². The zero-order valence-electron chi connectivity index (χ0n) is 21.3. The molecule has 2 aromatic heterocycles. The van der Waals surface area contributed by atoms with Gasteiger partial charge in [-0.2, -0.15) is 0 Å². The van der Waals surface area contributed by atoms with Crippen molar-refractivity contribution in [2.45, 2.75) is 24.8 Å². The summed E-state index contributed by atoms with van der Waals surface area (Å²) in [4.78, 5) is 41.0. The highest BCUT2D eigenvalue weighted by Crippen LogP contribution is 2.43. The SMILES string of the molecule is COc1cc(OC)c(CN2CC3(CCCN(C(=O)O)C3)c3[nH]c(-c4ccnc(Br)n4)cc3C2=O)c(OC)c1. The van der Waals surface area contributed by atoms with Gasteiger partial charge in [0.2, 0.25) is 0 Å². The maximum absolute atomic E-state index is 13.9. The molecule has 1 atom stereocenters. The number of ether oxygens (including phenoxy) is 3. The predicted octanol–water partition coefficient (Wildman–Crippen LogP) is 3.93. The fourth-order valence-corrected chi connectivity index (χ4v) is 5.84. The summed E-state index contributed by atoms with van der Waals surface area (Å²) in [6, 6.07) is 7.06. The van der Waals surface area contributed by atoms with E-state index in [0.717, 1.165) is 12.1 Å². The summed E-state index contributed by atoms with van der Waals surface area (Å²) in [6.07, 6.45) is 2.05. The Bertz CT molecular complexity index is 1370. The normalized spacial score (nSPS) is 18.9. The summed E-state index contributed by atoms with van der Waals surface area (Å²) in [5, 5.41) is 9.82. The van der Waals surface area contributed by atoms with E-state index in [2.05, 4.69) is 30.9 Å². The van der Waals surface area contributed by atoms with Crippen LogP contribution in [0.2, 0.25) is 0 Å². The summed E-state index contributed by atoms with van der Waals surface area (Å²) < 4.78 is 17.1. The van der Waals surface area contributed by atoms with Gasteiger partial charge in [-0.3, -0.25) is 4.79 Å². The molecule has 2 aliphatic heterocycles. The van der Waals surface area contributed by atoms with E-state index in [1.54, 1.807) is 56.7 Å². The number of carbonyl (C=O) groups is 2. The third kappa shape index (κ3) is 4.53. The first-order valence-electron chi connectivity index (χ1n) is 12.1. The quantitative estimate of drug-likeness (QED) is 0.416. The van der Waals surface area contributed by atoms with Crippen molar-refractivity contribution in [1.29, 1.82) is 0 Å². The number of H-pyrrole nitrogens is 1. The van der Waals surface area contributed by atoms with Crippen LogP contribution in [0.5, 0.6) is 17.2 Å². The molecule has 5 rings (SSSR count). The summed E-state index contributed by atoms with van der Waals surface area (Å²) in [5.41, 5.74) is 2.61. The van der Waals surface area contributed by atoms with Crippen molar-refractivity contribution in [2.24, 2.45) is 0 Å². The number of hydrogen-bond donors (Lipinski definition) is 2. The van der Waals surface area contributed by atoms with Crippen LogP contribution in [0.1, 0.15) is 34.5 Å². The van der Waals surface area contributed by atoms with Crippen molar-refractivity contribution in [3.05, 3.63) is 52.0 Å². The molecule has 2 N–H and O–H groups in total. The summed E-state index contributed by atoms with van der Waals surface area (Å²) in [5.74, 6) is 1.46. The van der Waals surface area contributed by atoms with Crippen LogP contribution in [-0.2, 0) is 12.0 Å². The first-order chi connectivity index (χ1) is 18.3. The number of nitrogens with one attached hydrogen (secondary N) is 1. The molecule has 3 aromatic rings. The van der Waals surface area contributed by atoms with Gasteiger partial charge in [-0.25, -0.2) is 14.8 Å². The molecule has 2 amide bonds. The number of likely N-dealkylation sites (tertiary alicyclic amines) is 1. The van der Waals surface area contributed by atoms with Crippen LogP contribution in [0.25, 0.3) is 11.4 Å². The number of nitrogens with zero attached hydrogens (tertiary/aromatic N) is 4. The van der Waals surface area contributed by atoms with Gasteiger partial charge in [0.1, 0.15) is 17.2 Å². The zero-order valence-corrected chi connectivity index (χ0v) is 22.9. The van der Waals surface area contributed by atoms with Crippen LogP contribution >= 0.6 is 15.9 Å². The number of carboxylic acid groups (broad SMARTS) is 1. The third-order valence-electron chi connectivity index (χ3n) is 7.27. The Balaban J connectivity index is 1.61. The molecule has 38 heavy (non-hydrogen) atoms. The van der Waals surface area contributed by atoms with Crippen molar-refractivity contribution in [3.8, 4) is 28.6 Å². The summed E-state index contributed by atoms with van der Waals surface area (Å²) in [6.45, 7) is 1.26. The lowest BCUT2D eigenvalue weighted by molar-refractivity contribution is 0.0526. The van der Waals surface area contributed by atoms with E-state index >= 15 is 0 Å². The van der Waals surface area contributed by atoms with E-state index in [4.69, 9.17) is 14.2 Å². The molecule has 0 bridgehead atoms.